The largest absolute Gasteiger partial charge is 0.405 e. The molecule has 0 saturated carbocycles. The van der Waals surface area contributed by atoms with Crippen molar-refractivity contribution in [3.63, 3.8) is 0 Å². The lowest BCUT2D eigenvalue weighted by molar-refractivity contribution is 0.506. The van der Waals surface area contributed by atoms with E-state index >= 15 is 0 Å². The van der Waals surface area contributed by atoms with Gasteiger partial charge in [0.15, 0.2) is 5.69 Å². The average molecular weight is 155 g/mol. The van der Waals surface area contributed by atoms with Gasteiger partial charge in [-0.2, -0.15) is 10.3 Å². The van der Waals surface area contributed by atoms with Crippen molar-refractivity contribution >= 4 is 8.69 Å². The Morgan fingerprint density at radius 3 is 3.30 bits per heavy atom. The number of aromatic amines is 1. The summed E-state index contributed by atoms with van der Waals surface area (Å²) >= 11 is 0. The van der Waals surface area contributed by atoms with Gasteiger partial charge in [0.1, 0.15) is 6.11 Å². The predicted octanol–water partition coefficient (Wildman–Crippen LogP) is 0.337. The van der Waals surface area contributed by atoms with Crippen LogP contribution in [-0.4, -0.2) is 15.4 Å². The summed E-state index contributed by atoms with van der Waals surface area (Å²) in [7, 11) is -0.461. The fourth-order valence-corrected chi connectivity index (χ4v) is 0.438. The Kier molecular flexibility index (Phi) is 2.41. The monoisotopic (exact) mass is 155 g/mol. The summed E-state index contributed by atoms with van der Waals surface area (Å²) in [6.45, 7) is 0. The SMILES string of the molecule is O=POC#Cc1cn[nH]n1. The van der Waals surface area contributed by atoms with Gasteiger partial charge >= 0.3 is 8.69 Å². The molecular formula is C4H2N3O2P. The van der Waals surface area contributed by atoms with E-state index in [1.165, 1.54) is 6.20 Å². The number of nitrogens with one attached hydrogen (secondary N) is 1. The molecule has 0 fully saturated rings. The van der Waals surface area contributed by atoms with Crippen LogP contribution in [0.5, 0.6) is 0 Å². The van der Waals surface area contributed by atoms with Crippen LogP contribution in [0.1, 0.15) is 5.69 Å². The van der Waals surface area contributed by atoms with Crippen LogP contribution in [0.15, 0.2) is 6.20 Å². The zero-order valence-electron chi connectivity index (χ0n) is 4.74. The highest BCUT2D eigenvalue weighted by Gasteiger charge is 1.85. The Hall–Kier alpha value is -1.40. The first-order valence-corrected chi connectivity index (χ1v) is 3.02. The molecule has 0 aliphatic rings. The second-order valence-corrected chi connectivity index (χ2v) is 1.58. The minimum Gasteiger partial charge on any atom is -0.353 e. The molecular weight excluding hydrogens is 153 g/mol. The highest BCUT2D eigenvalue weighted by molar-refractivity contribution is 7.17. The van der Waals surface area contributed by atoms with E-state index in [4.69, 9.17) is 0 Å². The molecule has 0 amide bonds. The Bertz CT molecular complexity index is 260. The molecule has 6 heteroatoms. The molecule has 0 bridgehead atoms. The third kappa shape index (κ3) is 1.84. The van der Waals surface area contributed by atoms with E-state index in [1.54, 1.807) is 0 Å². The normalized spacial score (nSPS) is 8.40. The third-order valence-corrected chi connectivity index (χ3v) is 0.843. The maximum absolute atomic E-state index is 9.66. The van der Waals surface area contributed by atoms with Gasteiger partial charge in [-0.25, -0.2) is 4.57 Å². The average Bonchev–Trinajstić information content (AvgIpc) is 2.41. The number of rotatable bonds is 1. The van der Waals surface area contributed by atoms with Crippen LogP contribution >= 0.6 is 8.69 Å². The first-order chi connectivity index (χ1) is 4.93. The zero-order chi connectivity index (χ0) is 7.23. The Balaban J connectivity index is 2.57. The maximum Gasteiger partial charge on any atom is 0.405 e. The van der Waals surface area contributed by atoms with Crippen molar-refractivity contribution in [3.05, 3.63) is 11.9 Å². The molecule has 50 valence electrons. The number of aromatic nitrogens is 3. The van der Waals surface area contributed by atoms with Gasteiger partial charge in [0.05, 0.1) is 6.20 Å². The first-order valence-electron chi connectivity index (χ1n) is 2.29. The van der Waals surface area contributed by atoms with Gasteiger partial charge in [-0.15, -0.1) is 5.10 Å². The van der Waals surface area contributed by atoms with Crippen molar-refractivity contribution in [1.29, 1.82) is 0 Å². The highest BCUT2D eigenvalue weighted by Crippen LogP contribution is 1.90. The minimum atomic E-state index is -0.461. The second-order valence-electron chi connectivity index (χ2n) is 1.25. The summed E-state index contributed by atoms with van der Waals surface area (Å²) in [6, 6.07) is 0. The van der Waals surface area contributed by atoms with E-state index in [0.717, 1.165) is 0 Å². The molecule has 0 aliphatic heterocycles. The van der Waals surface area contributed by atoms with Crippen LogP contribution in [0.2, 0.25) is 0 Å². The number of H-pyrrole nitrogens is 1. The van der Waals surface area contributed by atoms with Crippen molar-refractivity contribution in [2.75, 3.05) is 0 Å². The molecule has 0 saturated heterocycles. The number of nitrogens with zero attached hydrogens (tertiary/aromatic N) is 2. The predicted molar refractivity (Wildman–Crippen MR) is 32.0 cm³/mol. The molecule has 0 atom stereocenters. The number of hydrogen-bond acceptors (Lipinski definition) is 4. The summed E-state index contributed by atoms with van der Waals surface area (Å²) in [5.41, 5.74) is 0.448. The van der Waals surface area contributed by atoms with Gasteiger partial charge in [0, 0.05) is 5.92 Å². The topological polar surface area (TPSA) is 67.9 Å². The van der Waals surface area contributed by atoms with Crippen LogP contribution in [0.4, 0.5) is 0 Å². The molecule has 0 aliphatic carbocycles. The summed E-state index contributed by atoms with van der Waals surface area (Å²) in [6.07, 6.45) is 3.57. The second kappa shape index (κ2) is 3.59. The van der Waals surface area contributed by atoms with Crippen molar-refractivity contribution in [3.8, 4) is 12.0 Å². The van der Waals surface area contributed by atoms with Gasteiger partial charge in [-0.05, 0) is 0 Å². The molecule has 5 nitrogen and oxygen atoms in total. The molecule has 1 N–H and O–H groups in total. The Morgan fingerprint density at radius 2 is 2.70 bits per heavy atom. The molecule has 0 unspecified atom stereocenters. The molecule has 10 heavy (non-hydrogen) atoms. The lowest BCUT2D eigenvalue weighted by Gasteiger charge is -1.70. The van der Waals surface area contributed by atoms with Crippen LogP contribution in [-0.2, 0) is 9.09 Å². The van der Waals surface area contributed by atoms with Gasteiger partial charge in [0.2, 0.25) is 0 Å². The minimum absolute atomic E-state index is 0.448. The van der Waals surface area contributed by atoms with Crippen LogP contribution in [0, 0.1) is 12.0 Å². The van der Waals surface area contributed by atoms with Crippen molar-refractivity contribution < 1.29 is 9.09 Å². The molecule has 1 aromatic rings. The first kappa shape index (κ1) is 6.72. The summed E-state index contributed by atoms with van der Waals surface area (Å²) in [4.78, 5) is 0. The molecule has 1 rings (SSSR count). The number of hydrogen-bond donors (Lipinski definition) is 1. The van der Waals surface area contributed by atoms with Gasteiger partial charge in [-0.3, -0.25) is 0 Å². The van der Waals surface area contributed by atoms with Gasteiger partial charge < -0.3 is 4.52 Å². The summed E-state index contributed by atoms with van der Waals surface area (Å²) in [5.74, 6) is 2.44. The van der Waals surface area contributed by atoms with Gasteiger partial charge in [-0.1, -0.05) is 0 Å². The van der Waals surface area contributed by atoms with E-state index in [9.17, 15) is 4.57 Å². The standard InChI is InChI=1S/C4H2N3O2P/c8-10-9-2-1-4-3-5-7-6-4/h3H,(H,5,6,7). The van der Waals surface area contributed by atoms with E-state index in [-0.39, 0.29) is 0 Å². The Morgan fingerprint density at radius 1 is 1.80 bits per heavy atom. The van der Waals surface area contributed by atoms with E-state index < -0.39 is 8.69 Å². The zero-order valence-corrected chi connectivity index (χ0v) is 5.63. The molecule has 1 aromatic heterocycles. The fraction of sp³-hybridized carbons (Fsp3) is 0. The van der Waals surface area contributed by atoms with Gasteiger partial charge in [0.25, 0.3) is 0 Å². The molecule has 0 aromatic carbocycles. The molecule has 0 radical (unpaired) electrons. The van der Waals surface area contributed by atoms with E-state index in [0.29, 0.717) is 5.69 Å². The Labute approximate surface area is 58.1 Å². The smallest absolute Gasteiger partial charge is 0.353 e. The van der Waals surface area contributed by atoms with Crippen LogP contribution in [0.3, 0.4) is 0 Å². The lowest BCUT2D eigenvalue weighted by Crippen LogP contribution is -1.71. The lowest BCUT2D eigenvalue weighted by atomic mass is 10.5. The van der Waals surface area contributed by atoms with Crippen LogP contribution < -0.4 is 0 Å². The van der Waals surface area contributed by atoms with Crippen LogP contribution in [0.25, 0.3) is 0 Å². The van der Waals surface area contributed by atoms with Crippen molar-refractivity contribution in [2.24, 2.45) is 0 Å². The third-order valence-electron chi connectivity index (χ3n) is 0.677. The summed E-state index contributed by atoms with van der Waals surface area (Å²) < 4.78 is 13.8. The maximum atomic E-state index is 9.66. The van der Waals surface area contributed by atoms with E-state index in [2.05, 4.69) is 32.0 Å². The molecule has 1 heterocycles. The fourth-order valence-electron chi connectivity index (χ4n) is 0.356. The van der Waals surface area contributed by atoms with E-state index in [1.807, 2.05) is 0 Å². The highest BCUT2D eigenvalue weighted by atomic mass is 31.1. The van der Waals surface area contributed by atoms with Crippen molar-refractivity contribution in [1.82, 2.24) is 15.4 Å². The molecule has 0 spiro atoms. The quantitative estimate of drug-likeness (QED) is 0.468. The van der Waals surface area contributed by atoms with Crippen molar-refractivity contribution in [2.45, 2.75) is 0 Å². The summed E-state index contributed by atoms with van der Waals surface area (Å²) in [5, 5.41) is 9.44.